The number of fused-ring (bicyclic) bond motifs is 1. The molecule has 1 heteroatoms. The molecule has 0 spiro atoms. The summed E-state index contributed by atoms with van der Waals surface area (Å²) in [5, 5.41) is 2.72. The molecule has 3 aromatic carbocycles. The molecule has 0 atom stereocenters. The zero-order valence-corrected chi connectivity index (χ0v) is 18.2. The third-order valence-electron chi connectivity index (χ3n) is 4.25. The van der Waals surface area contributed by atoms with Crippen molar-refractivity contribution in [3.63, 3.8) is 0 Å². The van der Waals surface area contributed by atoms with Crippen molar-refractivity contribution < 1.29 is 26.2 Å². The molecule has 0 bridgehead atoms. The quantitative estimate of drug-likeness (QED) is 0.312. The Bertz CT molecular complexity index is 823. The van der Waals surface area contributed by atoms with Crippen LogP contribution in [-0.2, 0) is 26.2 Å². The van der Waals surface area contributed by atoms with Crippen LogP contribution in [0.2, 0.25) is 0 Å². The molecule has 0 aromatic heterocycles. The standard InChI is InChI=1S/C18H17.C6H10.Zr/c1-13(2)16-11-15-9-6-10-17(18(15)12-16)14-7-4-3-5-8-14;1-5(2)6(3)4;/h3-13H,1-2H3;1,3H2,2,4H3;/q-1;;. The maximum absolute atomic E-state index is 3.66. The largest absolute Gasteiger partial charge is 0.164 e. The topological polar surface area (TPSA) is 0 Å². The summed E-state index contributed by atoms with van der Waals surface area (Å²) in [6, 6.07) is 21.8. The summed E-state index contributed by atoms with van der Waals surface area (Å²) in [5.41, 5.74) is 6.18. The summed E-state index contributed by atoms with van der Waals surface area (Å²) in [5.74, 6) is 0.584. The monoisotopic (exact) mass is 405 g/mol. The molecular weight excluding hydrogens is 379 g/mol. The third-order valence-corrected chi connectivity index (χ3v) is 4.25. The predicted octanol–water partition coefficient (Wildman–Crippen LogP) is 7.49. The van der Waals surface area contributed by atoms with Gasteiger partial charge in [0.1, 0.15) is 0 Å². The second-order valence-corrected chi connectivity index (χ2v) is 6.68. The van der Waals surface area contributed by atoms with Crippen LogP contribution in [0.25, 0.3) is 21.9 Å². The van der Waals surface area contributed by atoms with Gasteiger partial charge in [-0.3, -0.25) is 0 Å². The van der Waals surface area contributed by atoms with E-state index in [0.29, 0.717) is 5.92 Å². The van der Waals surface area contributed by atoms with Gasteiger partial charge in [0.2, 0.25) is 0 Å². The van der Waals surface area contributed by atoms with E-state index in [0.717, 1.165) is 11.1 Å². The van der Waals surface area contributed by atoms with Gasteiger partial charge in [-0.2, -0.15) is 6.07 Å². The van der Waals surface area contributed by atoms with Crippen molar-refractivity contribution in [1.29, 1.82) is 0 Å². The molecule has 0 saturated heterocycles. The van der Waals surface area contributed by atoms with Gasteiger partial charge < -0.3 is 0 Å². The van der Waals surface area contributed by atoms with Crippen LogP contribution in [0.4, 0.5) is 0 Å². The van der Waals surface area contributed by atoms with Crippen LogP contribution in [0, 0.1) is 0 Å². The fraction of sp³-hybridized carbons (Fsp3) is 0.208. The van der Waals surface area contributed by atoms with E-state index in [1.807, 2.05) is 13.8 Å². The van der Waals surface area contributed by atoms with Crippen LogP contribution >= 0.6 is 0 Å². The molecular formula is C24H27Zr-. The predicted molar refractivity (Wildman–Crippen MR) is 109 cm³/mol. The molecule has 3 rings (SSSR count). The van der Waals surface area contributed by atoms with E-state index in [1.165, 1.54) is 27.5 Å². The van der Waals surface area contributed by atoms with Crippen LogP contribution in [0.5, 0.6) is 0 Å². The SMILES string of the molecule is C=C(C)C(=C)C.CC(C)c1cc2c(-c3ccccc3)cccc2[cH-]1.[Zr]. The van der Waals surface area contributed by atoms with Gasteiger partial charge in [-0.05, 0) is 25.3 Å². The average molecular weight is 407 g/mol. The van der Waals surface area contributed by atoms with E-state index < -0.39 is 0 Å². The van der Waals surface area contributed by atoms with Crippen molar-refractivity contribution in [1.82, 2.24) is 0 Å². The summed E-state index contributed by atoms with van der Waals surface area (Å²) in [6.07, 6.45) is 0. The molecule has 0 nitrogen and oxygen atoms in total. The molecule has 0 radical (unpaired) electrons. The van der Waals surface area contributed by atoms with Crippen LogP contribution in [0.1, 0.15) is 39.2 Å². The second kappa shape index (κ2) is 9.78. The summed E-state index contributed by atoms with van der Waals surface area (Å²) in [4.78, 5) is 0. The van der Waals surface area contributed by atoms with Gasteiger partial charge >= 0.3 is 0 Å². The Morgan fingerprint density at radius 1 is 0.880 bits per heavy atom. The molecule has 0 N–H and O–H groups in total. The fourth-order valence-electron chi connectivity index (χ4n) is 2.46. The average Bonchev–Trinajstić information content (AvgIpc) is 3.00. The van der Waals surface area contributed by atoms with Gasteiger partial charge in [-0.15, -0.1) is 34.5 Å². The normalized spacial score (nSPS) is 9.96. The first-order valence-electron chi connectivity index (χ1n) is 8.46. The van der Waals surface area contributed by atoms with Crippen molar-refractivity contribution in [2.75, 3.05) is 0 Å². The molecule has 0 aliphatic carbocycles. The van der Waals surface area contributed by atoms with Crippen molar-refractivity contribution in [2.24, 2.45) is 0 Å². The molecule has 128 valence electrons. The molecule has 3 aromatic rings. The number of allylic oxidation sites excluding steroid dienone is 2. The maximum Gasteiger partial charge on any atom is 0 e. The van der Waals surface area contributed by atoms with Crippen LogP contribution in [0.3, 0.4) is 0 Å². The Hall–Kier alpha value is -1.59. The Balaban J connectivity index is 0.000000390. The Labute approximate surface area is 171 Å². The van der Waals surface area contributed by atoms with Gasteiger partial charge in [0.05, 0.1) is 0 Å². The van der Waals surface area contributed by atoms with Gasteiger partial charge in [0.15, 0.2) is 0 Å². The van der Waals surface area contributed by atoms with E-state index in [1.54, 1.807) is 0 Å². The van der Waals surface area contributed by atoms with Gasteiger partial charge in [0.25, 0.3) is 0 Å². The minimum atomic E-state index is 0. The van der Waals surface area contributed by atoms with Crippen LogP contribution in [-0.4, -0.2) is 0 Å². The fourth-order valence-corrected chi connectivity index (χ4v) is 2.46. The first kappa shape index (κ1) is 21.5. The minimum absolute atomic E-state index is 0. The summed E-state index contributed by atoms with van der Waals surface area (Å²) in [7, 11) is 0. The number of hydrogen-bond donors (Lipinski definition) is 0. The molecule has 0 saturated carbocycles. The van der Waals surface area contributed by atoms with Gasteiger partial charge in [-0.25, -0.2) is 0 Å². The van der Waals surface area contributed by atoms with Crippen molar-refractivity contribution in [3.05, 3.63) is 90.5 Å². The number of hydrogen-bond acceptors (Lipinski definition) is 0. The van der Waals surface area contributed by atoms with E-state index in [-0.39, 0.29) is 26.2 Å². The molecule has 0 amide bonds. The third kappa shape index (κ3) is 5.72. The Morgan fingerprint density at radius 2 is 1.48 bits per heavy atom. The molecule has 0 heterocycles. The first-order valence-corrected chi connectivity index (χ1v) is 8.46. The van der Waals surface area contributed by atoms with Crippen molar-refractivity contribution >= 4 is 10.8 Å². The second-order valence-electron chi connectivity index (χ2n) is 6.68. The summed E-state index contributed by atoms with van der Waals surface area (Å²) < 4.78 is 0. The van der Waals surface area contributed by atoms with Gasteiger partial charge in [0, 0.05) is 26.2 Å². The van der Waals surface area contributed by atoms with E-state index >= 15 is 0 Å². The van der Waals surface area contributed by atoms with E-state index in [4.69, 9.17) is 0 Å². The maximum atomic E-state index is 3.66. The van der Waals surface area contributed by atoms with Crippen LogP contribution < -0.4 is 0 Å². The summed E-state index contributed by atoms with van der Waals surface area (Å²) in [6.45, 7) is 15.7. The molecule has 0 fully saturated rings. The van der Waals surface area contributed by atoms with E-state index in [2.05, 4.69) is 87.7 Å². The van der Waals surface area contributed by atoms with Gasteiger partial charge in [-0.1, -0.05) is 80.1 Å². The summed E-state index contributed by atoms with van der Waals surface area (Å²) >= 11 is 0. The molecule has 0 unspecified atom stereocenters. The number of rotatable bonds is 3. The first-order chi connectivity index (χ1) is 11.4. The zero-order valence-electron chi connectivity index (χ0n) is 15.8. The zero-order chi connectivity index (χ0) is 17.7. The van der Waals surface area contributed by atoms with Crippen molar-refractivity contribution in [2.45, 2.75) is 33.6 Å². The minimum Gasteiger partial charge on any atom is -0.164 e. The number of benzene rings is 2. The molecule has 0 aliphatic rings. The Morgan fingerprint density at radius 3 is 2.00 bits per heavy atom. The molecule has 0 aliphatic heterocycles. The van der Waals surface area contributed by atoms with Crippen molar-refractivity contribution in [3.8, 4) is 11.1 Å². The smallest absolute Gasteiger partial charge is 0 e. The van der Waals surface area contributed by atoms with Crippen LogP contribution in [0.15, 0.2) is 85.0 Å². The molecule has 25 heavy (non-hydrogen) atoms. The van der Waals surface area contributed by atoms with E-state index in [9.17, 15) is 0 Å². The Kier molecular flexibility index (Phi) is 8.40.